The molecule has 0 aliphatic carbocycles. The average molecular weight is 319 g/mol. The molecule has 0 saturated carbocycles. The number of aliphatic imine (C=N–C) groups is 1. The van der Waals surface area contributed by atoms with Gasteiger partial charge in [-0.1, -0.05) is 6.92 Å². The Balaban J connectivity index is 1.47. The number of hydrogen-bond donors (Lipinski definition) is 1. The molecule has 2 fully saturated rings. The van der Waals surface area contributed by atoms with Crippen molar-refractivity contribution < 1.29 is 0 Å². The summed E-state index contributed by atoms with van der Waals surface area (Å²) in [5, 5.41) is 11.6. The van der Waals surface area contributed by atoms with Crippen LogP contribution in [-0.2, 0) is 13.0 Å². The Morgan fingerprint density at radius 2 is 2.17 bits per heavy atom. The summed E-state index contributed by atoms with van der Waals surface area (Å²) in [5.74, 6) is 2.06. The topological polar surface area (TPSA) is 61.6 Å². The van der Waals surface area contributed by atoms with E-state index in [2.05, 4.69) is 41.8 Å². The maximum Gasteiger partial charge on any atom is 0.193 e. The molecule has 23 heavy (non-hydrogen) atoms. The van der Waals surface area contributed by atoms with Crippen LogP contribution < -0.4 is 5.32 Å². The number of likely N-dealkylation sites (tertiary alicyclic amines) is 2. The zero-order valence-electron chi connectivity index (χ0n) is 14.4. The van der Waals surface area contributed by atoms with Crippen molar-refractivity contribution in [3.63, 3.8) is 0 Å². The first kappa shape index (κ1) is 16.2. The lowest BCUT2D eigenvalue weighted by Crippen LogP contribution is -2.43. The maximum atomic E-state index is 4.46. The van der Waals surface area contributed by atoms with Gasteiger partial charge in [-0.05, 0) is 32.4 Å². The average Bonchev–Trinajstić information content (AvgIpc) is 3.32. The quantitative estimate of drug-likeness (QED) is 0.636. The highest BCUT2D eigenvalue weighted by Crippen LogP contribution is 2.20. The Kier molecular flexibility index (Phi) is 5.48. The fourth-order valence-corrected chi connectivity index (χ4v) is 3.70. The summed E-state index contributed by atoms with van der Waals surface area (Å²) in [6, 6.07) is 0.709. The third-order valence-electron chi connectivity index (χ3n) is 4.98. The number of nitrogens with zero attached hydrogens (tertiary/aromatic N) is 6. The smallest absolute Gasteiger partial charge is 0.193 e. The molecule has 1 unspecified atom stereocenters. The van der Waals surface area contributed by atoms with E-state index in [0.29, 0.717) is 6.04 Å². The van der Waals surface area contributed by atoms with E-state index >= 15 is 0 Å². The van der Waals surface area contributed by atoms with Crippen molar-refractivity contribution >= 4 is 5.96 Å². The van der Waals surface area contributed by atoms with Crippen molar-refractivity contribution in [1.82, 2.24) is 29.9 Å². The molecular formula is C16H29N7. The molecule has 2 aliphatic heterocycles. The third-order valence-corrected chi connectivity index (χ3v) is 4.98. The molecule has 128 valence electrons. The van der Waals surface area contributed by atoms with Crippen molar-refractivity contribution in [1.29, 1.82) is 0 Å². The number of aryl methyl sites for hydroxylation is 1. The zero-order valence-corrected chi connectivity index (χ0v) is 14.4. The van der Waals surface area contributed by atoms with Gasteiger partial charge in [-0.2, -0.15) is 0 Å². The molecule has 3 heterocycles. The highest BCUT2D eigenvalue weighted by atomic mass is 15.3. The van der Waals surface area contributed by atoms with E-state index < -0.39 is 0 Å². The van der Waals surface area contributed by atoms with Crippen LogP contribution in [0.1, 0.15) is 32.0 Å². The van der Waals surface area contributed by atoms with E-state index in [1.807, 2.05) is 13.4 Å². The van der Waals surface area contributed by atoms with E-state index in [1.165, 1.54) is 32.4 Å². The Bertz CT molecular complexity index is 518. The first-order valence-electron chi connectivity index (χ1n) is 8.88. The minimum absolute atomic E-state index is 0.709. The Morgan fingerprint density at radius 3 is 2.91 bits per heavy atom. The Morgan fingerprint density at radius 1 is 1.35 bits per heavy atom. The molecule has 0 amide bonds. The maximum absolute atomic E-state index is 4.46. The highest BCUT2D eigenvalue weighted by molar-refractivity contribution is 5.80. The third kappa shape index (κ3) is 3.83. The number of rotatable bonds is 5. The van der Waals surface area contributed by atoms with Gasteiger partial charge < -0.3 is 14.8 Å². The molecule has 0 aromatic carbocycles. The summed E-state index contributed by atoms with van der Waals surface area (Å²) in [6.45, 7) is 8.59. The largest absolute Gasteiger partial charge is 0.354 e. The van der Waals surface area contributed by atoms with E-state index in [-0.39, 0.29) is 0 Å². The zero-order chi connectivity index (χ0) is 16.1. The molecule has 1 aromatic rings. The number of hydrogen-bond acceptors (Lipinski definition) is 4. The van der Waals surface area contributed by atoms with Gasteiger partial charge in [-0.15, -0.1) is 10.2 Å². The van der Waals surface area contributed by atoms with Gasteiger partial charge in [-0.3, -0.25) is 9.89 Å². The minimum atomic E-state index is 0.709. The summed E-state index contributed by atoms with van der Waals surface area (Å²) in [5.41, 5.74) is 0. The highest BCUT2D eigenvalue weighted by Gasteiger charge is 2.30. The second-order valence-electron chi connectivity index (χ2n) is 6.40. The summed E-state index contributed by atoms with van der Waals surface area (Å²) in [6.07, 6.45) is 6.71. The predicted octanol–water partition coefficient (Wildman–Crippen LogP) is 0.586. The summed E-state index contributed by atoms with van der Waals surface area (Å²) in [7, 11) is 1.88. The lowest BCUT2D eigenvalue weighted by molar-refractivity contribution is 0.249. The molecule has 2 saturated heterocycles. The van der Waals surface area contributed by atoms with Crippen LogP contribution in [0.4, 0.5) is 0 Å². The van der Waals surface area contributed by atoms with E-state index in [0.717, 1.165) is 44.4 Å². The van der Waals surface area contributed by atoms with Gasteiger partial charge in [0, 0.05) is 45.7 Å². The number of nitrogens with one attached hydrogen (secondary N) is 1. The van der Waals surface area contributed by atoms with Gasteiger partial charge >= 0.3 is 0 Å². The monoisotopic (exact) mass is 319 g/mol. The van der Waals surface area contributed by atoms with Gasteiger partial charge in [-0.25, -0.2) is 0 Å². The standard InChI is InChI=1S/C16H29N7/c1-3-15-20-19-13-23(15)11-7-18-16(17-2)22-10-6-14(12-22)21-8-4-5-9-21/h13-14H,3-12H2,1-2H3,(H,17,18). The number of aromatic nitrogens is 3. The van der Waals surface area contributed by atoms with E-state index in [9.17, 15) is 0 Å². The second kappa shape index (κ2) is 7.77. The molecule has 1 atom stereocenters. The summed E-state index contributed by atoms with van der Waals surface area (Å²) >= 11 is 0. The molecule has 0 spiro atoms. The van der Waals surface area contributed by atoms with Gasteiger partial charge in [0.05, 0.1) is 0 Å². The van der Waals surface area contributed by atoms with Crippen molar-refractivity contribution in [3.8, 4) is 0 Å². The fraction of sp³-hybridized carbons (Fsp3) is 0.812. The van der Waals surface area contributed by atoms with Crippen molar-refractivity contribution in [2.24, 2.45) is 4.99 Å². The summed E-state index contributed by atoms with van der Waals surface area (Å²) < 4.78 is 2.11. The van der Waals surface area contributed by atoms with Crippen LogP contribution in [-0.4, -0.2) is 76.3 Å². The molecule has 1 aromatic heterocycles. The predicted molar refractivity (Wildman–Crippen MR) is 91.5 cm³/mol. The van der Waals surface area contributed by atoms with Crippen LogP contribution in [0, 0.1) is 0 Å². The molecule has 2 aliphatic rings. The SMILES string of the molecule is CCc1nncn1CCNC(=NC)N1CCC(N2CCCC2)C1. The van der Waals surface area contributed by atoms with E-state index in [4.69, 9.17) is 0 Å². The first-order valence-corrected chi connectivity index (χ1v) is 8.88. The van der Waals surface area contributed by atoms with Crippen LogP contribution in [0.3, 0.4) is 0 Å². The fourth-order valence-electron chi connectivity index (χ4n) is 3.70. The van der Waals surface area contributed by atoms with Crippen LogP contribution in [0.2, 0.25) is 0 Å². The van der Waals surface area contributed by atoms with Gasteiger partial charge in [0.15, 0.2) is 5.96 Å². The van der Waals surface area contributed by atoms with Gasteiger partial charge in [0.2, 0.25) is 0 Å². The lowest BCUT2D eigenvalue weighted by Gasteiger charge is -2.25. The molecular weight excluding hydrogens is 290 g/mol. The molecule has 7 heteroatoms. The van der Waals surface area contributed by atoms with Crippen LogP contribution in [0.5, 0.6) is 0 Å². The van der Waals surface area contributed by atoms with Crippen LogP contribution in [0.15, 0.2) is 11.3 Å². The minimum Gasteiger partial charge on any atom is -0.354 e. The van der Waals surface area contributed by atoms with Crippen molar-refractivity contribution in [2.45, 2.75) is 45.2 Å². The molecule has 3 rings (SSSR count). The number of guanidine groups is 1. The van der Waals surface area contributed by atoms with Gasteiger partial charge in [0.1, 0.15) is 12.2 Å². The molecule has 0 bridgehead atoms. The van der Waals surface area contributed by atoms with Gasteiger partial charge in [0.25, 0.3) is 0 Å². The van der Waals surface area contributed by atoms with E-state index in [1.54, 1.807) is 0 Å². The van der Waals surface area contributed by atoms with Crippen molar-refractivity contribution in [2.75, 3.05) is 39.8 Å². The lowest BCUT2D eigenvalue weighted by atomic mass is 10.2. The molecule has 7 nitrogen and oxygen atoms in total. The second-order valence-corrected chi connectivity index (χ2v) is 6.40. The first-order chi connectivity index (χ1) is 11.3. The Hall–Kier alpha value is -1.63. The molecule has 0 radical (unpaired) electrons. The Labute approximate surface area is 138 Å². The summed E-state index contributed by atoms with van der Waals surface area (Å²) in [4.78, 5) is 9.51. The normalized spacial score (nSPS) is 23.0. The molecule has 1 N–H and O–H groups in total. The van der Waals surface area contributed by atoms with Crippen LogP contribution in [0.25, 0.3) is 0 Å². The van der Waals surface area contributed by atoms with Crippen LogP contribution >= 0.6 is 0 Å². The van der Waals surface area contributed by atoms with Crippen molar-refractivity contribution in [3.05, 3.63) is 12.2 Å².